The molecule has 0 saturated heterocycles. The van der Waals surface area contributed by atoms with Gasteiger partial charge in [0, 0.05) is 24.3 Å². The highest BCUT2D eigenvalue weighted by atomic mass is 16.1. The Hall–Kier alpha value is -2.20. The van der Waals surface area contributed by atoms with Crippen LogP contribution in [-0.2, 0) is 6.54 Å². The normalized spacial score (nSPS) is 12.1. The maximum Gasteiger partial charge on any atom is 0.249 e. The zero-order chi connectivity index (χ0) is 13.7. The van der Waals surface area contributed by atoms with E-state index in [0.29, 0.717) is 12.1 Å². The fourth-order valence-electron chi connectivity index (χ4n) is 1.91. The van der Waals surface area contributed by atoms with Gasteiger partial charge in [0.05, 0.1) is 5.69 Å². The van der Waals surface area contributed by atoms with Crippen molar-refractivity contribution in [3.05, 3.63) is 65.5 Å². The van der Waals surface area contributed by atoms with Crippen LogP contribution in [0.3, 0.4) is 0 Å². The van der Waals surface area contributed by atoms with Crippen molar-refractivity contribution >= 4 is 5.91 Å². The van der Waals surface area contributed by atoms with E-state index in [9.17, 15) is 4.79 Å². The quantitative estimate of drug-likeness (QED) is 0.859. The van der Waals surface area contributed by atoms with Gasteiger partial charge in [0.1, 0.15) is 0 Å². The average molecular weight is 255 g/mol. The first-order valence-corrected chi connectivity index (χ1v) is 6.20. The van der Waals surface area contributed by atoms with Crippen LogP contribution < -0.4 is 11.1 Å². The highest BCUT2D eigenvalue weighted by molar-refractivity contribution is 5.94. The Labute approximate surface area is 112 Å². The molecule has 19 heavy (non-hydrogen) atoms. The molecule has 0 fully saturated rings. The van der Waals surface area contributed by atoms with Crippen LogP contribution >= 0.6 is 0 Å². The molecule has 0 bridgehead atoms. The van der Waals surface area contributed by atoms with Crippen molar-refractivity contribution in [3.63, 3.8) is 0 Å². The Balaban J connectivity index is 2.05. The summed E-state index contributed by atoms with van der Waals surface area (Å²) in [7, 11) is 0. The van der Waals surface area contributed by atoms with E-state index < -0.39 is 5.91 Å². The number of aromatic nitrogens is 1. The lowest BCUT2D eigenvalue weighted by molar-refractivity contribution is 0.0999. The van der Waals surface area contributed by atoms with Gasteiger partial charge < -0.3 is 11.1 Å². The Kier molecular flexibility index (Phi) is 4.26. The number of benzene rings is 1. The summed E-state index contributed by atoms with van der Waals surface area (Å²) in [5, 5.41) is 3.34. The highest BCUT2D eigenvalue weighted by Gasteiger charge is 2.09. The summed E-state index contributed by atoms with van der Waals surface area (Å²) in [5.74, 6) is -0.400. The molecule has 1 atom stereocenters. The van der Waals surface area contributed by atoms with Gasteiger partial charge in [0.2, 0.25) is 5.91 Å². The van der Waals surface area contributed by atoms with Crippen molar-refractivity contribution < 1.29 is 4.79 Å². The van der Waals surface area contributed by atoms with Gasteiger partial charge in [-0.1, -0.05) is 24.3 Å². The number of pyridine rings is 1. The molecule has 2 aromatic rings. The number of hydrogen-bond acceptors (Lipinski definition) is 3. The molecule has 0 unspecified atom stereocenters. The first-order valence-electron chi connectivity index (χ1n) is 6.20. The molecule has 3 N–H and O–H groups in total. The second kappa shape index (κ2) is 6.11. The summed E-state index contributed by atoms with van der Waals surface area (Å²) in [6.07, 6.45) is 1.77. The number of primary amides is 1. The summed E-state index contributed by atoms with van der Waals surface area (Å²) in [6.45, 7) is 2.62. The third-order valence-corrected chi connectivity index (χ3v) is 3.01. The van der Waals surface area contributed by atoms with Crippen LogP contribution in [0, 0.1) is 0 Å². The van der Waals surface area contributed by atoms with Crippen LogP contribution in [0.2, 0.25) is 0 Å². The minimum atomic E-state index is -0.400. The van der Waals surface area contributed by atoms with E-state index in [1.807, 2.05) is 43.3 Å². The largest absolute Gasteiger partial charge is 0.366 e. The van der Waals surface area contributed by atoms with Crippen LogP contribution in [0.15, 0.2) is 48.7 Å². The number of nitrogens with zero attached hydrogens (tertiary/aromatic N) is 1. The Bertz CT molecular complexity index is 554. The fraction of sp³-hybridized carbons (Fsp3) is 0.200. The number of carbonyl (C=O) groups is 1. The smallest absolute Gasteiger partial charge is 0.249 e. The maximum atomic E-state index is 11.3. The van der Waals surface area contributed by atoms with E-state index in [1.54, 1.807) is 12.3 Å². The molecule has 1 aromatic carbocycles. The molecule has 0 spiro atoms. The Morgan fingerprint density at radius 1 is 1.26 bits per heavy atom. The second-order valence-corrected chi connectivity index (χ2v) is 4.38. The van der Waals surface area contributed by atoms with Crippen molar-refractivity contribution in [2.75, 3.05) is 0 Å². The van der Waals surface area contributed by atoms with Gasteiger partial charge in [-0.25, -0.2) is 0 Å². The molecule has 0 saturated carbocycles. The Morgan fingerprint density at radius 2 is 2.00 bits per heavy atom. The van der Waals surface area contributed by atoms with E-state index in [0.717, 1.165) is 11.3 Å². The topological polar surface area (TPSA) is 68.0 Å². The number of amides is 1. The third-order valence-electron chi connectivity index (χ3n) is 3.01. The van der Waals surface area contributed by atoms with Crippen molar-refractivity contribution in [1.29, 1.82) is 0 Å². The second-order valence-electron chi connectivity index (χ2n) is 4.38. The number of carbonyl (C=O) groups excluding carboxylic acids is 1. The molecular formula is C15H17N3O. The van der Waals surface area contributed by atoms with E-state index >= 15 is 0 Å². The molecule has 1 aromatic heterocycles. The number of rotatable bonds is 5. The van der Waals surface area contributed by atoms with Gasteiger partial charge in [-0.15, -0.1) is 0 Å². The summed E-state index contributed by atoms with van der Waals surface area (Å²) in [4.78, 5) is 15.6. The number of nitrogens with one attached hydrogen (secondary N) is 1. The van der Waals surface area contributed by atoms with Gasteiger partial charge in [0.15, 0.2) is 0 Å². The zero-order valence-electron chi connectivity index (χ0n) is 10.8. The first-order chi connectivity index (χ1) is 9.18. The van der Waals surface area contributed by atoms with Crippen LogP contribution in [0.1, 0.15) is 34.6 Å². The highest BCUT2D eigenvalue weighted by Crippen LogP contribution is 2.12. The monoisotopic (exact) mass is 255 g/mol. The van der Waals surface area contributed by atoms with E-state index in [2.05, 4.69) is 10.3 Å². The summed E-state index contributed by atoms with van der Waals surface area (Å²) in [6, 6.07) is 13.3. The lowest BCUT2D eigenvalue weighted by Crippen LogP contribution is -2.22. The van der Waals surface area contributed by atoms with Crippen molar-refractivity contribution in [1.82, 2.24) is 10.3 Å². The molecular weight excluding hydrogens is 238 g/mol. The SMILES string of the molecule is C[C@H](NCc1ccccc1C(N)=O)c1ccccn1. The molecule has 4 heteroatoms. The molecule has 2 rings (SSSR count). The lowest BCUT2D eigenvalue weighted by Gasteiger charge is -2.14. The van der Waals surface area contributed by atoms with Gasteiger partial charge in [-0.2, -0.15) is 0 Å². The summed E-state index contributed by atoms with van der Waals surface area (Å²) >= 11 is 0. The van der Waals surface area contributed by atoms with E-state index in [4.69, 9.17) is 5.73 Å². The van der Waals surface area contributed by atoms with Crippen LogP contribution in [0.4, 0.5) is 0 Å². The number of hydrogen-bond donors (Lipinski definition) is 2. The number of nitrogens with two attached hydrogens (primary N) is 1. The van der Waals surface area contributed by atoms with E-state index in [-0.39, 0.29) is 6.04 Å². The van der Waals surface area contributed by atoms with Gasteiger partial charge in [-0.05, 0) is 30.7 Å². The molecule has 4 nitrogen and oxygen atoms in total. The fourth-order valence-corrected chi connectivity index (χ4v) is 1.91. The predicted molar refractivity (Wildman–Crippen MR) is 74.5 cm³/mol. The van der Waals surface area contributed by atoms with Crippen molar-refractivity contribution in [3.8, 4) is 0 Å². The van der Waals surface area contributed by atoms with Crippen molar-refractivity contribution in [2.45, 2.75) is 19.5 Å². The molecule has 1 amide bonds. The molecule has 1 heterocycles. The van der Waals surface area contributed by atoms with Gasteiger partial charge >= 0.3 is 0 Å². The maximum absolute atomic E-state index is 11.3. The summed E-state index contributed by atoms with van der Waals surface area (Å²) in [5.41, 5.74) is 7.78. The Morgan fingerprint density at radius 3 is 2.68 bits per heavy atom. The van der Waals surface area contributed by atoms with Gasteiger partial charge in [0.25, 0.3) is 0 Å². The standard InChI is InChI=1S/C15H17N3O/c1-11(14-8-4-5-9-17-14)18-10-12-6-2-3-7-13(12)15(16)19/h2-9,11,18H,10H2,1H3,(H2,16,19)/t11-/m0/s1. The summed E-state index contributed by atoms with van der Waals surface area (Å²) < 4.78 is 0. The van der Waals surface area contributed by atoms with Gasteiger partial charge in [-0.3, -0.25) is 9.78 Å². The lowest BCUT2D eigenvalue weighted by atomic mass is 10.1. The molecule has 0 aliphatic rings. The molecule has 0 aliphatic heterocycles. The minimum Gasteiger partial charge on any atom is -0.366 e. The van der Waals surface area contributed by atoms with Crippen LogP contribution in [-0.4, -0.2) is 10.9 Å². The zero-order valence-corrected chi connectivity index (χ0v) is 10.8. The molecule has 98 valence electrons. The third kappa shape index (κ3) is 3.39. The predicted octanol–water partition coefficient (Wildman–Crippen LogP) is 2.03. The first kappa shape index (κ1) is 13.2. The van der Waals surface area contributed by atoms with Crippen LogP contribution in [0.5, 0.6) is 0 Å². The van der Waals surface area contributed by atoms with E-state index in [1.165, 1.54) is 0 Å². The minimum absolute atomic E-state index is 0.113. The molecule has 0 radical (unpaired) electrons. The van der Waals surface area contributed by atoms with Crippen LogP contribution in [0.25, 0.3) is 0 Å². The molecule has 0 aliphatic carbocycles. The average Bonchev–Trinajstić information content (AvgIpc) is 2.46. The van der Waals surface area contributed by atoms with Crippen molar-refractivity contribution in [2.24, 2.45) is 5.73 Å².